The van der Waals surface area contributed by atoms with Crippen molar-refractivity contribution in [3.8, 4) is 0 Å². The van der Waals surface area contributed by atoms with Gasteiger partial charge in [0.15, 0.2) is 0 Å². The highest BCUT2D eigenvalue weighted by Gasteiger charge is 2.38. The van der Waals surface area contributed by atoms with E-state index in [1.807, 2.05) is 0 Å². The smallest absolute Gasteiger partial charge is 0.0464 e. The van der Waals surface area contributed by atoms with E-state index in [4.69, 9.17) is 0 Å². The Bertz CT molecular complexity index is 1970. The maximum atomic E-state index is 2.45. The van der Waals surface area contributed by atoms with Crippen molar-refractivity contribution in [3.05, 3.63) is 177 Å². The molecule has 0 saturated heterocycles. The lowest BCUT2D eigenvalue weighted by molar-refractivity contribution is 0.310. The van der Waals surface area contributed by atoms with Gasteiger partial charge in [-0.15, -0.1) is 0 Å². The number of hydrogen-bond donors (Lipinski definition) is 0. The van der Waals surface area contributed by atoms with E-state index < -0.39 is 0 Å². The zero-order valence-corrected chi connectivity index (χ0v) is 34.6. The van der Waals surface area contributed by atoms with Crippen LogP contribution in [0, 0.1) is 61.3 Å². The number of aryl methyl sites for hydroxylation is 8. The highest BCUT2D eigenvalue weighted by Crippen LogP contribution is 2.47. The molecule has 1 unspecified atom stereocenters. The lowest BCUT2D eigenvalue weighted by atomic mass is 9.63. The second kappa shape index (κ2) is 16.1. The largest absolute Gasteiger partial charge is 0.310 e. The molecule has 0 fully saturated rings. The van der Waals surface area contributed by atoms with Crippen molar-refractivity contribution in [1.29, 1.82) is 0 Å². The average Bonchev–Trinajstić information content (AvgIpc) is 3.17. The molecule has 0 aliphatic heterocycles. The molecule has 0 aliphatic carbocycles. The SMILES string of the molecule is CCCC(c1ccc(N(c2ccc(C)c(C)c2)c2ccc(C)c(C)c2)cc1)(c1ccc(N(c2ccc(C)c(C)c2)c2ccc(C)c(C)c2)cc1)C(C)CC. The van der Waals surface area contributed by atoms with E-state index in [1.54, 1.807) is 0 Å². The molecule has 0 aliphatic rings. The molecule has 0 spiro atoms. The van der Waals surface area contributed by atoms with E-state index in [2.05, 4.69) is 207 Å². The minimum Gasteiger partial charge on any atom is -0.310 e. The van der Waals surface area contributed by atoms with Crippen LogP contribution in [0.25, 0.3) is 0 Å². The molecule has 0 saturated carbocycles. The third kappa shape index (κ3) is 7.49. The van der Waals surface area contributed by atoms with Gasteiger partial charge in [0.2, 0.25) is 0 Å². The summed E-state index contributed by atoms with van der Waals surface area (Å²) < 4.78 is 0. The third-order valence-corrected chi connectivity index (χ3v) is 12.4. The van der Waals surface area contributed by atoms with Crippen LogP contribution >= 0.6 is 0 Å². The minimum atomic E-state index is -0.127. The molecule has 2 nitrogen and oxygen atoms in total. The second-order valence-corrected chi connectivity index (χ2v) is 15.9. The first-order chi connectivity index (χ1) is 25.9. The molecule has 2 heteroatoms. The van der Waals surface area contributed by atoms with Crippen LogP contribution in [0.4, 0.5) is 34.1 Å². The number of anilines is 6. The van der Waals surface area contributed by atoms with Crippen molar-refractivity contribution in [2.24, 2.45) is 5.92 Å². The van der Waals surface area contributed by atoms with Crippen molar-refractivity contribution >= 4 is 34.1 Å². The fourth-order valence-corrected chi connectivity index (χ4v) is 8.18. The van der Waals surface area contributed by atoms with Gasteiger partial charge < -0.3 is 9.80 Å². The highest BCUT2D eigenvalue weighted by molar-refractivity contribution is 5.79. The van der Waals surface area contributed by atoms with Gasteiger partial charge in [0.1, 0.15) is 0 Å². The molecular formula is C52H60N2. The summed E-state index contributed by atoms with van der Waals surface area (Å²) in [5.41, 5.74) is 20.2. The Morgan fingerprint density at radius 2 is 0.667 bits per heavy atom. The monoisotopic (exact) mass is 712 g/mol. The van der Waals surface area contributed by atoms with E-state index in [0.717, 1.165) is 19.3 Å². The average molecular weight is 713 g/mol. The van der Waals surface area contributed by atoms with E-state index in [9.17, 15) is 0 Å². The standard InChI is InChI=1S/C52H60N2/c1-12-30-52(43(11)13-2,44-18-26-46(27-19-44)53(48-22-14-35(3)39(7)31-48)49-23-15-36(4)40(8)32-49)45-20-28-47(29-21-45)54(50-24-16-37(5)41(9)33-50)51-25-17-38(6)42(10)34-51/h14-29,31-34,43H,12-13,30H2,1-11H3. The number of hydrogen-bond acceptors (Lipinski definition) is 2. The van der Waals surface area contributed by atoms with Gasteiger partial charge in [0, 0.05) is 39.5 Å². The van der Waals surface area contributed by atoms with E-state index >= 15 is 0 Å². The van der Waals surface area contributed by atoms with Gasteiger partial charge in [-0.25, -0.2) is 0 Å². The Labute approximate surface area is 326 Å². The molecule has 0 amide bonds. The van der Waals surface area contributed by atoms with Gasteiger partial charge in [0.05, 0.1) is 0 Å². The first-order valence-corrected chi connectivity index (χ1v) is 20.0. The normalized spacial score (nSPS) is 12.1. The van der Waals surface area contributed by atoms with Crippen LogP contribution in [0.5, 0.6) is 0 Å². The summed E-state index contributed by atoms with van der Waals surface area (Å²) in [4.78, 5) is 4.83. The second-order valence-electron chi connectivity index (χ2n) is 15.9. The first kappa shape index (κ1) is 38.6. The Morgan fingerprint density at radius 1 is 0.389 bits per heavy atom. The summed E-state index contributed by atoms with van der Waals surface area (Å²) >= 11 is 0. The quantitative estimate of drug-likeness (QED) is 0.125. The molecule has 6 rings (SSSR count). The highest BCUT2D eigenvalue weighted by atomic mass is 15.1. The number of nitrogens with zero attached hydrogens (tertiary/aromatic N) is 2. The lowest BCUT2D eigenvalue weighted by Gasteiger charge is -2.41. The molecule has 0 bridgehead atoms. The van der Waals surface area contributed by atoms with Crippen LogP contribution < -0.4 is 9.80 Å². The first-order valence-electron chi connectivity index (χ1n) is 20.0. The van der Waals surface area contributed by atoms with Gasteiger partial charge in [-0.05, 0) is 196 Å². The van der Waals surface area contributed by atoms with Crippen molar-refractivity contribution in [3.63, 3.8) is 0 Å². The van der Waals surface area contributed by atoms with Crippen molar-refractivity contribution < 1.29 is 0 Å². The van der Waals surface area contributed by atoms with Crippen LogP contribution in [-0.4, -0.2) is 0 Å². The topological polar surface area (TPSA) is 6.48 Å². The molecule has 0 heterocycles. The zero-order valence-electron chi connectivity index (χ0n) is 34.6. The Balaban J connectivity index is 1.45. The fraction of sp³-hybridized carbons (Fsp3) is 0.308. The Morgan fingerprint density at radius 3 is 0.907 bits per heavy atom. The van der Waals surface area contributed by atoms with Crippen LogP contribution in [0.2, 0.25) is 0 Å². The molecule has 278 valence electrons. The molecule has 1 atom stereocenters. The van der Waals surface area contributed by atoms with Gasteiger partial charge in [-0.1, -0.05) is 82.1 Å². The van der Waals surface area contributed by atoms with Gasteiger partial charge in [-0.2, -0.15) is 0 Å². The van der Waals surface area contributed by atoms with Crippen LogP contribution in [-0.2, 0) is 5.41 Å². The summed E-state index contributed by atoms with van der Waals surface area (Å²) in [6.07, 6.45) is 3.28. The number of rotatable bonds is 12. The minimum absolute atomic E-state index is 0.127. The van der Waals surface area contributed by atoms with Gasteiger partial charge >= 0.3 is 0 Å². The van der Waals surface area contributed by atoms with Crippen molar-refractivity contribution in [1.82, 2.24) is 0 Å². The molecule has 0 aromatic heterocycles. The van der Waals surface area contributed by atoms with Crippen LogP contribution in [0.3, 0.4) is 0 Å². The zero-order chi connectivity index (χ0) is 38.7. The Kier molecular flexibility index (Phi) is 11.5. The summed E-state index contributed by atoms with van der Waals surface area (Å²) in [5.74, 6) is 0.445. The summed E-state index contributed by atoms with van der Waals surface area (Å²) in [7, 11) is 0. The summed E-state index contributed by atoms with van der Waals surface area (Å²) in [5, 5.41) is 0. The summed E-state index contributed by atoms with van der Waals surface area (Å²) in [6.45, 7) is 24.7. The molecule has 54 heavy (non-hydrogen) atoms. The fourth-order valence-electron chi connectivity index (χ4n) is 8.18. The molecule has 6 aromatic rings. The molecule has 0 N–H and O–H groups in total. The summed E-state index contributed by atoms with van der Waals surface area (Å²) in [6, 6.07) is 46.3. The molecular weight excluding hydrogens is 653 g/mol. The van der Waals surface area contributed by atoms with Gasteiger partial charge in [-0.3, -0.25) is 0 Å². The van der Waals surface area contributed by atoms with Crippen molar-refractivity contribution in [2.45, 2.75) is 101 Å². The predicted molar refractivity (Wildman–Crippen MR) is 235 cm³/mol. The lowest BCUT2D eigenvalue weighted by Crippen LogP contribution is -2.35. The third-order valence-electron chi connectivity index (χ3n) is 12.4. The van der Waals surface area contributed by atoms with Crippen molar-refractivity contribution in [2.75, 3.05) is 9.80 Å². The Hall–Kier alpha value is -5.08. The van der Waals surface area contributed by atoms with Crippen LogP contribution in [0.15, 0.2) is 121 Å². The van der Waals surface area contributed by atoms with E-state index in [1.165, 1.54) is 89.8 Å². The maximum Gasteiger partial charge on any atom is 0.0464 e. The van der Waals surface area contributed by atoms with E-state index in [0.29, 0.717) is 5.92 Å². The maximum absolute atomic E-state index is 2.45. The van der Waals surface area contributed by atoms with E-state index in [-0.39, 0.29) is 5.41 Å². The predicted octanol–water partition coefficient (Wildman–Crippen LogP) is 15.2. The number of benzene rings is 6. The van der Waals surface area contributed by atoms with Gasteiger partial charge in [0.25, 0.3) is 0 Å². The van der Waals surface area contributed by atoms with Crippen LogP contribution in [0.1, 0.15) is 95.7 Å². The molecule has 0 radical (unpaired) electrons. The molecule has 6 aromatic carbocycles.